The first kappa shape index (κ1) is 16.0. The van der Waals surface area contributed by atoms with Crippen molar-refractivity contribution >= 4 is 30.0 Å². The highest BCUT2D eigenvalue weighted by molar-refractivity contribution is 8.03. The van der Waals surface area contributed by atoms with Crippen molar-refractivity contribution in [2.45, 2.75) is 25.5 Å². The Hall–Kier alpha value is -1.42. The summed E-state index contributed by atoms with van der Waals surface area (Å²) in [6.07, 6.45) is 0.399. The quantitative estimate of drug-likeness (QED) is 0.152. The van der Waals surface area contributed by atoms with Crippen LogP contribution in [-0.4, -0.2) is 57.5 Å². The van der Waals surface area contributed by atoms with Crippen molar-refractivity contribution in [2.75, 3.05) is 12.3 Å². The van der Waals surface area contributed by atoms with E-state index in [0.29, 0.717) is 17.2 Å². The molecule has 2 aliphatic rings. The van der Waals surface area contributed by atoms with Gasteiger partial charge in [-0.2, -0.15) is 0 Å². The number of hydroxylamine groups is 3. The van der Waals surface area contributed by atoms with Crippen LogP contribution in [0.2, 0.25) is 0 Å². The fourth-order valence-electron chi connectivity index (χ4n) is 2.91. The van der Waals surface area contributed by atoms with Gasteiger partial charge in [0.05, 0.1) is 23.9 Å². The second kappa shape index (κ2) is 5.76. The molecule has 0 spiro atoms. The zero-order valence-electron chi connectivity index (χ0n) is 11.4. The SMILES string of the molecule is C[C@@H](O)[C@H]1C(=O)[N+]2([O-])C(C(=O)O)=C(SCCN=CN)C[C@H]12. The standard InChI is InChI=1S/C12H17N3O5S/c1-6(16)9-7-4-8(21-3-2-14-5-13)10(12(18)19)15(7,20)11(9)17/h5-7,9,16H,2-4H2,1H3,(H2,13,14)(H,18,19)/t6-,7-,9-,15?/m1/s1. The number of hydrogen-bond donors (Lipinski definition) is 3. The molecule has 1 fully saturated rings. The minimum atomic E-state index is -1.45. The maximum absolute atomic E-state index is 12.6. The third kappa shape index (κ3) is 2.35. The summed E-state index contributed by atoms with van der Waals surface area (Å²) in [6, 6.07) is -0.732. The number of thioether (sulfide) groups is 1. The van der Waals surface area contributed by atoms with Crippen molar-refractivity contribution < 1.29 is 24.4 Å². The maximum Gasteiger partial charge on any atom is 0.392 e. The Labute approximate surface area is 125 Å². The number of carboxylic acid groups (broad SMARTS) is 1. The number of aliphatic hydroxyl groups is 1. The Balaban J connectivity index is 2.22. The van der Waals surface area contributed by atoms with E-state index < -0.39 is 40.3 Å². The number of aliphatic hydroxyl groups excluding tert-OH is 1. The molecule has 0 saturated carbocycles. The molecule has 8 nitrogen and oxygen atoms in total. The molecular weight excluding hydrogens is 298 g/mol. The van der Waals surface area contributed by atoms with Crippen LogP contribution in [0.3, 0.4) is 0 Å². The van der Waals surface area contributed by atoms with Gasteiger partial charge < -0.3 is 21.2 Å². The highest BCUT2D eigenvalue weighted by Crippen LogP contribution is 2.52. The molecule has 0 aromatic heterocycles. The van der Waals surface area contributed by atoms with Crippen molar-refractivity contribution in [1.29, 1.82) is 0 Å². The number of carbonyl (C=O) groups is 2. The first-order valence-electron chi connectivity index (χ1n) is 6.47. The van der Waals surface area contributed by atoms with Crippen molar-refractivity contribution in [1.82, 2.24) is 0 Å². The molecule has 2 aliphatic heterocycles. The molecular formula is C12H17N3O5S. The van der Waals surface area contributed by atoms with Crippen LogP contribution in [-0.2, 0) is 9.59 Å². The summed E-state index contributed by atoms with van der Waals surface area (Å²) < 4.78 is -1.45. The van der Waals surface area contributed by atoms with Gasteiger partial charge in [-0.3, -0.25) is 9.64 Å². The second-order valence-corrected chi connectivity index (χ2v) is 6.20. The number of β-lactam (4-membered cyclic amide) rings is 1. The molecule has 21 heavy (non-hydrogen) atoms. The first-order chi connectivity index (χ1) is 9.85. The molecule has 2 rings (SSSR count). The minimum Gasteiger partial charge on any atom is -0.619 e. The average Bonchev–Trinajstić information content (AvgIpc) is 2.65. The number of aliphatic imine (C=N–C) groups is 1. The fraction of sp³-hybridized carbons (Fsp3) is 0.583. The van der Waals surface area contributed by atoms with Crippen molar-refractivity contribution in [3.05, 3.63) is 15.8 Å². The van der Waals surface area contributed by atoms with E-state index in [2.05, 4.69) is 4.99 Å². The number of rotatable bonds is 6. The van der Waals surface area contributed by atoms with Gasteiger partial charge in [-0.15, -0.1) is 11.8 Å². The Morgan fingerprint density at radius 2 is 2.38 bits per heavy atom. The number of aliphatic carboxylic acids is 1. The monoisotopic (exact) mass is 315 g/mol. The molecule has 1 unspecified atom stereocenters. The van der Waals surface area contributed by atoms with Gasteiger partial charge in [0.2, 0.25) is 5.70 Å². The van der Waals surface area contributed by atoms with Gasteiger partial charge in [0.15, 0.2) is 5.92 Å². The number of fused-ring (bicyclic) bond motifs is 1. The topological polar surface area (TPSA) is 136 Å². The van der Waals surface area contributed by atoms with E-state index in [9.17, 15) is 25.0 Å². The number of quaternary nitrogens is 1. The number of nitrogens with zero attached hydrogens (tertiary/aromatic N) is 2. The summed E-state index contributed by atoms with van der Waals surface area (Å²) in [5.74, 6) is -2.48. The average molecular weight is 315 g/mol. The summed E-state index contributed by atoms with van der Waals surface area (Å²) in [5, 5.41) is 31.5. The van der Waals surface area contributed by atoms with Crippen LogP contribution in [0.5, 0.6) is 0 Å². The van der Waals surface area contributed by atoms with E-state index in [4.69, 9.17) is 5.73 Å². The third-order valence-electron chi connectivity index (χ3n) is 3.81. The van der Waals surface area contributed by atoms with E-state index >= 15 is 0 Å². The van der Waals surface area contributed by atoms with Gasteiger partial charge in [0, 0.05) is 12.2 Å². The maximum atomic E-state index is 12.6. The van der Waals surface area contributed by atoms with Gasteiger partial charge in [0.1, 0.15) is 6.04 Å². The summed E-state index contributed by atoms with van der Waals surface area (Å²) >= 11 is 1.20. The molecule has 116 valence electrons. The van der Waals surface area contributed by atoms with Crippen LogP contribution in [0.15, 0.2) is 15.6 Å². The predicted molar refractivity (Wildman–Crippen MR) is 76.9 cm³/mol. The molecule has 0 radical (unpaired) electrons. The van der Waals surface area contributed by atoms with E-state index in [0.717, 1.165) is 6.34 Å². The highest BCUT2D eigenvalue weighted by atomic mass is 32.2. The molecule has 4 N–H and O–H groups in total. The largest absolute Gasteiger partial charge is 0.619 e. The van der Waals surface area contributed by atoms with Gasteiger partial charge >= 0.3 is 11.9 Å². The van der Waals surface area contributed by atoms with Crippen LogP contribution >= 0.6 is 11.8 Å². The number of carboxylic acids is 1. The summed E-state index contributed by atoms with van der Waals surface area (Å²) in [5.41, 5.74) is 4.70. The van der Waals surface area contributed by atoms with Gasteiger partial charge in [-0.1, -0.05) is 0 Å². The summed E-state index contributed by atoms with van der Waals surface area (Å²) in [7, 11) is 0. The van der Waals surface area contributed by atoms with Gasteiger partial charge in [0.25, 0.3) is 0 Å². The van der Waals surface area contributed by atoms with Crippen LogP contribution in [0.4, 0.5) is 0 Å². The van der Waals surface area contributed by atoms with Gasteiger partial charge in [-0.25, -0.2) is 9.59 Å². The normalized spacial score (nSPS) is 33.2. The zero-order valence-corrected chi connectivity index (χ0v) is 12.2. The van der Waals surface area contributed by atoms with Crippen molar-refractivity contribution in [3.63, 3.8) is 0 Å². The minimum absolute atomic E-state index is 0.198. The van der Waals surface area contributed by atoms with E-state index in [1.165, 1.54) is 18.7 Å². The lowest BCUT2D eigenvalue weighted by atomic mass is 9.82. The van der Waals surface area contributed by atoms with Crippen LogP contribution in [0, 0.1) is 11.1 Å². The Morgan fingerprint density at radius 1 is 1.71 bits per heavy atom. The summed E-state index contributed by atoms with van der Waals surface area (Å²) in [6.45, 7) is 1.84. The van der Waals surface area contributed by atoms with Crippen LogP contribution < -0.4 is 5.73 Å². The first-order valence-corrected chi connectivity index (χ1v) is 7.46. The van der Waals surface area contributed by atoms with Crippen molar-refractivity contribution in [3.8, 4) is 0 Å². The van der Waals surface area contributed by atoms with E-state index in [-0.39, 0.29) is 6.42 Å². The fourth-order valence-corrected chi connectivity index (χ4v) is 4.00. The highest BCUT2D eigenvalue weighted by Gasteiger charge is 2.67. The number of amides is 1. The summed E-state index contributed by atoms with van der Waals surface area (Å²) in [4.78, 5) is 27.6. The molecule has 0 aromatic rings. The third-order valence-corrected chi connectivity index (χ3v) is 4.90. The Bertz CT molecular complexity index is 533. The molecule has 2 heterocycles. The molecule has 0 aliphatic carbocycles. The van der Waals surface area contributed by atoms with Crippen LogP contribution in [0.25, 0.3) is 0 Å². The molecule has 4 atom stereocenters. The Kier molecular flexibility index (Phi) is 4.38. The molecule has 0 aromatic carbocycles. The molecule has 1 amide bonds. The predicted octanol–water partition coefficient (Wildman–Crippen LogP) is -0.373. The molecule has 1 saturated heterocycles. The van der Waals surface area contributed by atoms with Gasteiger partial charge in [-0.05, 0) is 6.92 Å². The Morgan fingerprint density at radius 3 is 2.90 bits per heavy atom. The molecule has 9 heteroatoms. The lowest BCUT2D eigenvalue weighted by Gasteiger charge is -2.54. The molecule has 0 bridgehead atoms. The lowest BCUT2D eigenvalue weighted by molar-refractivity contribution is -0.824. The van der Waals surface area contributed by atoms with E-state index in [1.54, 1.807) is 0 Å². The second-order valence-electron chi connectivity index (χ2n) is 5.01. The number of nitrogens with two attached hydrogens (primary N) is 1. The zero-order chi connectivity index (χ0) is 15.8. The lowest BCUT2D eigenvalue weighted by Crippen LogP contribution is -2.71. The number of carbonyl (C=O) groups excluding carboxylic acids is 1. The van der Waals surface area contributed by atoms with E-state index in [1.807, 2.05) is 0 Å². The van der Waals surface area contributed by atoms with Crippen LogP contribution in [0.1, 0.15) is 13.3 Å². The van der Waals surface area contributed by atoms with Crippen molar-refractivity contribution in [2.24, 2.45) is 16.6 Å². The number of hydrogen-bond acceptors (Lipinski definition) is 6. The smallest absolute Gasteiger partial charge is 0.392 e.